The zero-order valence-corrected chi connectivity index (χ0v) is 9.08. The largest absolute Gasteiger partial charge is 0.394 e. The molecule has 0 saturated carbocycles. The van der Waals surface area contributed by atoms with Gasteiger partial charge in [0.05, 0.1) is 12.6 Å². The van der Waals surface area contributed by atoms with E-state index in [-0.39, 0.29) is 18.4 Å². The van der Waals surface area contributed by atoms with Crippen LogP contribution in [-0.2, 0) is 4.79 Å². The fraction of sp³-hybridized carbons (Fsp3) is 0.909. The van der Waals surface area contributed by atoms with E-state index in [2.05, 4.69) is 0 Å². The van der Waals surface area contributed by atoms with Crippen LogP contribution in [0.5, 0.6) is 0 Å². The molecule has 1 N–H and O–H groups in total. The molecule has 2 rings (SSSR count). The van der Waals surface area contributed by atoms with Crippen molar-refractivity contribution in [2.24, 2.45) is 0 Å². The van der Waals surface area contributed by atoms with Crippen molar-refractivity contribution in [1.82, 2.24) is 4.90 Å². The minimum atomic E-state index is -0.885. The van der Waals surface area contributed by atoms with E-state index < -0.39 is 11.7 Å². The molecule has 86 valence electrons. The first kappa shape index (κ1) is 11.0. The number of Topliss-reactive ketones (excluding diaryl/α,β-unsaturated/α-hetero) is 1. The first-order valence-corrected chi connectivity index (χ1v) is 5.67. The third-order valence-electron chi connectivity index (χ3n) is 3.88. The minimum absolute atomic E-state index is 0.0269. The van der Waals surface area contributed by atoms with Crippen molar-refractivity contribution in [2.75, 3.05) is 13.2 Å². The fourth-order valence-electron chi connectivity index (χ4n) is 3.07. The third-order valence-corrected chi connectivity index (χ3v) is 3.88. The lowest BCUT2D eigenvalue weighted by atomic mass is 9.95. The topological polar surface area (TPSA) is 40.5 Å². The van der Waals surface area contributed by atoms with Gasteiger partial charge in [-0.1, -0.05) is 6.92 Å². The summed E-state index contributed by atoms with van der Waals surface area (Å²) in [7, 11) is 0. The molecule has 2 aliphatic heterocycles. The molecule has 0 spiro atoms. The standard InChI is InChI=1S/C11H18FNO2/c1-2-10(15)9-3-4-11(7-14)5-8(12)6-13(9)11/h8-9,14H,2-7H2,1H3. The molecule has 2 saturated heterocycles. The van der Waals surface area contributed by atoms with Crippen molar-refractivity contribution < 1.29 is 14.3 Å². The first-order chi connectivity index (χ1) is 7.13. The Morgan fingerprint density at radius 3 is 3.00 bits per heavy atom. The number of hydrogen-bond donors (Lipinski definition) is 1. The fourth-order valence-corrected chi connectivity index (χ4v) is 3.07. The zero-order chi connectivity index (χ0) is 11.1. The highest BCUT2D eigenvalue weighted by molar-refractivity contribution is 5.84. The summed E-state index contributed by atoms with van der Waals surface area (Å²) in [5.74, 6) is 0.180. The maximum atomic E-state index is 13.4. The van der Waals surface area contributed by atoms with Gasteiger partial charge in [0.15, 0.2) is 0 Å². The van der Waals surface area contributed by atoms with Gasteiger partial charge in [-0.25, -0.2) is 4.39 Å². The maximum Gasteiger partial charge on any atom is 0.149 e. The van der Waals surface area contributed by atoms with Crippen LogP contribution in [0, 0.1) is 0 Å². The van der Waals surface area contributed by atoms with Crippen LogP contribution in [0.3, 0.4) is 0 Å². The SMILES string of the molecule is CCC(=O)C1CCC2(CO)CC(F)CN12. The van der Waals surface area contributed by atoms with E-state index in [0.717, 1.165) is 12.8 Å². The molecule has 15 heavy (non-hydrogen) atoms. The third kappa shape index (κ3) is 1.60. The summed E-state index contributed by atoms with van der Waals surface area (Å²) in [6, 6.07) is -0.150. The Morgan fingerprint density at radius 2 is 2.40 bits per heavy atom. The van der Waals surface area contributed by atoms with Gasteiger partial charge in [-0.15, -0.1) is 0 Å². The second-order valence-electron chi connectivity index (χ2n) is 4.71. The number of aliphatic hydroxyl groups is 1. The lowest BCUT2D eigenvalue weighted by molar-refractivity contribution is -0.124. The zero-order valence-electron chi connectivity index (χ0n) is 9.08. The molecule has 3 atom stereocenters. The highest BCUT2D eigenvalue weighted by Crippen LogP contribution is 2.43. The Labute approximate surface area is 89.3 Å². The number of fused-ring (bicyclic) bond motifs is 1. The smallest absolute Gasteiger partial charge is 0.149 e. The monoisotopic (exact) mass is 215 g/mol. The number of hydrogen-bond acceptors (Lipinski definition) is 3. The molecule has 0 aromatic heterocycles. The van der Waals surface area contributed by atoms with E-state index in [1.54, 1.807) is 0 Å². The molecule has 2 fully saturated rings. The quantitative estimate of drug-likeness (QED) is 0.760. The van der Waals surface area contributed by atoms with Gasteiger partial charge < -0.3 is 5.11 Å². The van der Waals surface area contributed by atoms with Crippen molar-refractivity contribution in [3.05, 3.63) is 0 Å². The van der Waals surface area contributed by atoms with Gasteiger partial charge in [-0.3, -0.25) is 9.69 Å². The molecule has 3 nitrogen and oxygen atoms in total. The summed E-state index contributed by atoms with van der Waals surface area (Å²) in [6.07, 6.45) is 1.53. The summed E-state index contributed by atoms with van der Waals surface area (Å²) < 4.78 is 13.4. The Kier molecular flexibility index (Phi) is 2.81. The number of carbonyl (C=O) groups is 1. The molecule has 0 aromatic rings. The van der Waals surface area contributed by atoms with Gasteiger partial charge in [0.1, 0.15) is 12.0 Å². The van der Waals surface area contributed by atoms with Crippen LogP contribution in [0.25, 0.3) is 0 Å². The van der Waals surface area contributed by atoms with Crippen molar-refractivity contribution >= 4 is 5.78 Å². The van der Waals surface area contributed by atoms with Crippen LogP contribution in [0.2, 0.25) is 0 Å². The van der Waals surface area contributed by atoms with Crippen molar-refractivity contribution in [1.29, 1.82) is 0 Å². The van der Waals surface area contributed by atoms with E-state index in [0.29, 0.717) is 19.4 Å². The van der Waals surface area contributed by atoms with Crippen molar-refractivity contribution in [3.8, 4) is 0 Å². The van der Waals surface area contributed by atoms with Crippen LogP contribution in [0.1, 0.15) is 32.6 Å². The van der Waals surface area contributed by atoms with Gasteiger partial charge in [-0.05, 0) is 12.8 Å². The summed E-state index contributed by atoms with van der Waals surface area (Å²) in [4.78, 5) is 13.6. The average Bonchev–Trinajstić information content (AvgIpc) is 2.71. The lowest BCUT2D eigenvalue weighted by Crippen LogP contribution is -2.47. The van der Waals surface area contributed by atoms with E-state index in [4.69, 9.17) is 0 Å². The first-order valence-electron chi connectivity index (χ1n) is 5.67. The summed E-state index contributed by atoms with van der Waals surface area (Å²) in [5.41, 5.74) is -0.436. The van der Waals surface area contributed by atoms with Crippen LogP contribution in [0.15, 0.2) is 0 Å². The molecule has 2 heterocycles. The minimum Gasteiger partial charge on any atom is -0.394 e. The Balaban J connectivity index is 2.18. The summed E-state index contributed by atoms with van der Waals surface area (Å²) in [5, 5.41) is 9.40. The van der Waals surface area contributed by atoms with E-state index >= 15 is 0 Å². The molecule has 3 unspecified atom stereocenters. The molecule has 0 aromatic carbocycles. The lowest BCUT2D eigenvalue weighted by Gasteiger charge is -2.32. The van der Waals surface area contributed by atoms with Gasteiger partial charge in [0, 0.05) is 24.9 Å². The average molecular weight is 215 g/mol. The van der Waals surface area contributed by atoms with Crippen molar-refractivity contribution in [3.63, 3.8) is 0 Å². The van der Waals surface area contributed by atoms with E-state index in [1.807, 2.05) is 11.8 Å². The van der Waals surface area contributed by atoms with Crippen LogP contribution < -0.4 is 0 Å². The number of halogens is 1. The molecular weight excluding hydrogens is 197 g/mol. The van der Waals surface area contributed by atoms with Crippen LogP contribution >= 0.6 is 0 Å². The number of aliphatic hydroxyl groups excluding tert-OH is 1. The molecule has 0 aliphatic carbocycles. The normalized spacial score (nSPS) is 40.7. The summed E-state index contributed by atoms with van der Waals surface area (Å²) >= 11 is 0. The second-order valence-corrected chi connectivity index (χ2v) is 4.71. The molecule has 4 heteroatoms. The molecule has 0 bridgehead atoms. The Hall–Kier alpha value is -0.480. The van der Waals surface area contributed by atoms with Gasteiger partial charge in [-0.2, -0.15) is 0 Å². The van der Waals surface area contributed by atoms with Crippen molar-refractivity contribution in [2.45, 2.75) is 50.4 Å². The highest BCUT2D eigenvalue weighted by Gasteiger charge is 2.53. The number of nitrogens with zero attached hydrogens (tertiary/aromatic N) is 1. The van der Waals surface area contributed by atoms with Gasteiger partial charge in [0.25, 0.3) is 0 Å². The molecule has 0 amide bonds. The number of carbonyl (C=O) groups excluding carboxylic acids is 1. The number of rotatable bonds is 3. The number of alkyl halides is 1. The predicted octanol–water partition coefficient (Wildman–Crippen LogP) is 0.903. The van der Waals surface area contributed by atoms with E-state index in [1.165, 1.54) is 0 Å². The van der Waals surface area contributed by atoms with Gasteiger partial charge >= 0.3 is 0 Å². The van der Waals surface area contributed by atoms with Crippen LogP contribution in [-0.4, -0.2) is 46.7 Å². The Morgan fingerprint density at radius 1 is 1.67 bits per heavy atom. The molecular formula is C11H18FNO2. The molecule has 2 aliphatic rings. The second kappa shape index (κ2) is 3.83. The van der Waals surface area contributed by atoms with Gasteiger partial charge in [0.2, 0.25) is 0 Å². The van der Waals surface area contributed by atoms with Crippen LogP contribution in [0.4, 0.5) is 4.39 Å². The summed E-state index contributed by atoms with van der Waals surface area (Å²) in [6.45, 7) is 2.13. The van der Waals surface area contributed by atoms with E-state index in [9.17, 15) is 14.3 Å². The number of ketones is 1. The highest BCUT2D eigenvalue weighted by atomic mass is 19.1. The Bertz CT molecular complexity index is 271. The maximum absolute atomic E-state index is 13.4. The molecule has 0 radical (unpaired) electrons. The predicted molar refractivity (Wildman–Crippen MR) is 54.4 cm³/mol.